The quantitative estimate of drug-likeness (QED) is 0.855. The predicted molar refractivity (Wildman–Crippen MR) is 71.9 cm³/mol. The van der Waals surface area contributed by atoms with E-state index >= 15 is 0 Å². The van der Waals surface area contributed by atoms with Crippen LogP contribution in [0, 0.1) is 11.8 Å². The summed E-state index contributed by atoms with van der Waals surface area (Å²) >= 11 is 0. The molecule has 2 unspecified atom stereocenters. The summed E-state index contributed by atoms with van der Waals surface area (Å²) in [6.45, 7) is 6.37. The Morgan fingerprint density at radius 1 is 1.11 bits per heavy atom. The van der Waals surface area contributed by atoms with Gasteiger partial charge in [0.15, 0.2) is 0 Å². The predicted octanol–water partition coefficient (Wildman–Crippen LogP) is 0.732. The van der Waals surface area contributed by atoms with Crippen molar-refractivity contribution in [1.29, 1.82) is 0 Å². The fraction of sp³-hybridized carbons (Fsp3) is 0.500. The third kappa shape index (κ3) is 2.23. The summed E-state index contributed by atoms with van der Waals surface area (Å²) in [6, 6.07) is 1.82. The van der Waals surface area contributed by atoms with Crippen LogP contribution in [-0.2, 0) is 0 Å². The van der Waals surface area contributed by atoms with E-state index in [-0.39, 0.29) is 5.95 Å². The van der Waals surface area contributed by atoms with Crippen LogP contribution in [-0.4, -0.2) is 37.8 Å². The smallest absolute Gasteiger partial charge is 0.257 e. The number of nitrogen functional groups attached to an aromatic ring is 1. The Labute approximate surface area is 111 Å². The van der Waals surface area contributed by atoms with Crippen LogP contribution in [0.4, 0.5) is 11.9 Å². The van der Waals surface area contributed by atoms with Crippen molar-refractivity contribution < 1.29 is 0 Å². The van der Waals surface area contributed by atoms with Crippen molar-refractivity contribution in [2.24, 2.45) is 11.8 Å². The van der Waals surface area contributed by atoms with Crippen molar-refractivity contribution in [3.05, 3.63) is 18.5 Å². The maximum absolute atomic E-state index is 5.77. The number of hydrogen-bond donors (Lipinski definition) is 1. The van der Waals surface area contributed by atoms with Crippen LogP contribution in [0.5, 0.6) is 0 Å². The highest BCUT2D eigenvalue weighted by molar-refractivity contribution is 5.39. The Bertz CT molecular complexity index is 555. The highest BCUT2D eigenvalue weighted by atomic mass is 15.4. The third-order valence-electron chi connectivity index (χ3n) is 3.61. The second-order valence-electron chi connectivity index (χ2n) is 5.10. The van der Waals surface area contributed by atoms with Gasteiger partial charge in [-0.15, -0.1) is 0 Å². The summed E-state index contributed by atoms with van der Waals surface area (Å²) in [5.74, 6) is 2.58. The molecule has 2 N–H and O–H groups in total. The van der Waals surface area contributed by atoms with E-state index in [1.165, 1.54) is 0 Å². The maximum Gasteiger partial charge on any atom is 0.257 e. The molecule has 0 bridgehead atoms. The minimum absolute atomic E-state index is 0.225. The molecule has 1 saturated heterocycles. The summed E-state index contributed by atoms with van der Waals surface area (Å²) in [7, 11) is 0. The van der Waals surface area contributed by atoms with Crippen molar-refractivity contribution in [2.75, 3.05) is 23.7 Å². The van der Waals surface area contributed by atoms with Gasteiger partial charge in [0.05, 0.1) is 0 Å². The van der Waals surface area contributed by atoms with E-state index < -0.39 is 0 Å². The molecule has 0 radical (unpaired) electrons. The fourth-order valence-corrected chi connectivity index (χ4v) is 2.29. The number of nitrogens with zero attached hydrogens (tertiary/aromatic N) is 6. The van der Waals surface area contributed by atoms with Crippen molar-refractivity contribution in [3.8, 4) is 5.95 Å². The van der Waals surface area contributed by atoms with Gasteiger partial charge in [0.1, 0.15) is 0 Å². The third-order valence-corrected chi connectivity index (χ3v) is 3.61. The molecule has 1 aliphatic rings. The maximum atomic E-state index is 5.77. The van der Waals surface area contributed by atoms with Crippen molar-refractivity contribution in [1.82, 2.24) is 24.7 Å². The molecule has 0 aromatic carbocycles. The molecule has 3 rings (SSSR count). The van der Waals surface area contributed by atoms with E-state index in [9.17, 15) is 0 Å². The van der Waals surface area contributed by atoms with Gasteiger partial charge in [0.2, 0.25) is 11.9 Å². The lowest BCUT2D eigenvalue weighted by Crippen LogP contribution is -2.24. The summed E-state index contributed by atoms with van der Waals surface area (Å²) in [5.41, 5.74) is 5.77. The van der Waals surface area contributed by atoms with E-state index in [0.29, 0.717) is 23.7 Å². The zero-order chi connectivity index (χ0) is 13.4. The first-order valence-electron chi connectivity index (χ1n) is 6.40. The zero-order valence-electron chi connectivity index (χ0n) is 11.1. The average molecular weight is 259 g/mol. The molecule has 0 spiro atoms. The second-order valence-corrected chi connectivity index (χ2v) is 5.10. The van der Waals surface area contributed by atoms with Crippen LogP contribution >= 0.6 is 0 Å². The monoisotopic (exact) mass is 259 g/mol. The summed E-state index contributed by atoms with van der Waals surface area (Å²) in [4.78, 5) is 15.0. The van der Waals surface area contributed by atoms with E-state index in [4.69, 9.17) is 5.73 Å². The van der Waals surface area contributed by atoms with E-state index in [0.717, 1.165) is 13.1 Å². The highest BCUT2D eigenvalue weighted by Crippen LogP contribution is 2.25. The van der Waals surface area contributed by atoms with E-state index in [2.05, 4.69) is 38.8 Å². The molecule has 0 aliphatic carbocycles. The molecule has 7 heteroatoms. The lowest BCUT2D eigenvalue weighted by atomic mass is 10.0. The van der Waals surface area contributed by atoms with Gasteiger partial charge >= 0.3 is 0 Å². The van der Waals surface area contributed by atoms with Crippen LogP contribution in [0.2, 0.25) is 0 Å². The Hall–Kier alpha value is -2.18. The van der Waals surface area contributed by atoms with Crippen molar-refractivity contribution >= 4 is 11.9 Å². The van der Waals surface area contributed by atoms with Gasteiger partial charge in [-0.2, -0.15) is 20.1 Å². The Balaban J connectivity index is 1.95. The average Bonchev–Trinajstić information content (AvgIpc) is 3.00. The number of hydrogen-bond acceptors (Lipinski definition) is 6. The van der Waals surface area contributed by atoms with Gasteiger partial charge < -0.3 is 10.6 Å². The van der Waals surface area contributed by atoms with Crippen molar-refractivity contribution in [3.63, 3.8) is 0 Å². The number of rotatable bonds is 2. The number of anilines is 2. The molecule has 1 fully saturated rings. The van der Waals surface area contributed by atoms with E-state index in [1.807, 2.05) is 6.07 Å². The summed E-state index contributed by atoms with van der Waals surface area (Å²) in [5, 5.41) is 4.12. The molecule has 100 valence electrons. The first-order valence-corrected chi connectivity index (χ1v) is 6.40. The topological polar surface area (TPSA) is 85.8 Å². The molecule has 2 aromatic heterocycles. The highest BCUT2D eigenvalue weighted by Gasteiger charge is 2.28. The van der Waals surface area contributed by atoms with Crippen molar-refractivity contribution in [2.45, 2.75) is 13.8 Å². The number of nitrogens with two attached hydrogens (primary N) is 1. The molecular weight excluding hydrogens is 242 g/mol. The lowest BCUT2D eigenvalue weighted by Gasteiger charge is -2.16. The zero-order valence-corrected chi connectivity index (χ0v) is 11.1. The summed E-state index contributed by atoms with van der Waals surface area (Å²) < 4.78 is 1.59. The first-order chi connectivity index (χ1) is 9.13. The van der Waals surface area contributed by atoms with Crippen LogP contribution in [0.15, 0.2) is 18.5 Å². The molecule has 0 amide bonds. The largest absolute Gasteiger partial charge is 0.368 e. The molecule has 0 saturated carbocycles. The lowest BCUT2D eigenvalue weighted by molar-refractivity contribution is 0.494. The van der Waals surface area contributed by atoms with Crippen LogP contribution in [0.1, 0.15) is 13.8 Å². The standard InChI is InChI=1S/C12H17N7/c1-8-6-18(7-9(8)2)11-15-10(13)16-12(17-11)19-5-3-4-14-19/h3-5,8-9H,6-7H2,1-2H3,(H2,13,15,16,17). The Kier molecular flexibility index (Phi) is 2.81. The normalized spacial score (nSPS) is 22.9. The van der Waals surface area contributed by atoms with Gasteiger partial charge in [0.25, 0.3) is 5.95 Å². The van der Waals surface area contributed by atoms with E-state index in [1.54, 1.807) is 17.1 Å². The molecule has 7 nitrogen and oxygen atoms in total. The number of aromatic nitrogens is 5. The first kappa shape index (κ1) is 11.9. The van der Waals surface area contributed by atoms with Gasteiger partial charge in [-0.25, -0.2) is 4.68 Å². The van der Waals surface area contributed by atoms with Crippen LogP contribution in [0.3, 0.4) is 0 Å². The molecule has 19 heavy (non-hydrogen) atoms. The molecule has 1 aliphatic heterocycles. The SMILES string of the molecule is CC1CN(c2nc(N)nc(-n3cccn3)n2)CC1C. The van der Waals surface area contributed by atoms with Crippen LogP contribution in [0.25, 0.3) is 5.95 Å². The van der Waals surface area contributed by atoms with Crippen LogP contribution < -0.4 is 10.6 Å². The molecule has 3 heterocycles. The van der Waals surface area contributed by atoms with Gasteiger partial charge in [0, 0.05) is 25.5 Å². The Morgan fingerprint density at radius 2 is 1.79 bits per heavy atom. The van der Waals surface area contributed by atoms with Gasteiger partial charge in [-0.1, -0.05) is 13.8 Å². The van der Waals surface area contributed by atoms with Gasteiger partial charge in [-0.05, 0) is 17.9 Å². The fourth-order valence-electron chi connectivity index (χ4n) is 2.29. The molecule has 2 atom stereocenters. The minimum atomic E-state index is 0.225. The van der Waals surface area contributed by atoms with Gasteiger partial charge in [-0.3, -0.25) is 0 Å². The minimum Gasteiger partial charge on any atom is -0.368 e. The Morgan fingerprint density at radius 3 is 2.42 bits per heavy atom. The second kappa shape index (κ2) is 4.49. The summed E-state index contributed by atoms with van der Waals surface area (Å²) in [6.07, 6.45) is 3.47. The molecular formula is C12H17N7. The molecule has 2 aromatic rings.